The van der Waals surface area contributed by atoms with Crippen LogP contribution in [-0.4, -0.2) is 51.1 Å². The number of hydrogen-bond acceptors (Lipinski definition) is 5. The smallest absolute Gasteiger partial charge is 0.233 e. The van der Waals surface area contributed by atoms with E-state index in [4.69, 9.17) is 4.74 Å². The molecule has 0 amide bonds. The van der Waals surface area contributed by atoms with E-state index in [1.54, 1.807) is 4.68 Å². The Balaban J connectivity index is 1.26. The van der Waals surface area contributed by atoms with Gasteiger partial charge < -0.3 is 9.64 Å². The van der Waals surface area contributed by atoms with Crippen LogP contribution in [-0.2, 0) is 7.05 Å². The summed E-state index contributed by atoms with van der Waals surface area (Å²) < 4.78 is 7.79. The molecule has 0 aromatic carbocycles. The van der Waals surface area contributed by atoms with Gasteiger partial charge in [-0.25, -0.2) is 0 Å². The summed E-state index contributed by atoms with van der Waals surface area (Å²) in [6.45, 7) is 11.2. The number of hydrogen-bond donors (Lipinski definition) is 0. The van der Waals surface area contributed by atoms with Crippen molar-refractivity contribution in [1.29, 1.82) is 0 Å². The van der Waals surface area contributed by atoms with Crippen molar-refractivity contribution in [2.75, 3.05) is 26.2 Å². The second-order valence-electron chi connectivity index (χ2n) is 8.96. The first-order valence-corrected chi connectivity index (χ1v) is 10.7. The van der Waals surface area contributed by atoms with Gasteiger partial charge in [0.15, 0.2) is 0 Å². The van der Waals surface area contributed by atoms with Crippen LogP contribution in [0.1, 0.15) is 38.8 Å². The van der Waals surface area contributed by atoms with E-state index < -0.39 is 0 Å². The molecule has 0 spiro atoms. The maximum Gasteiger partial charge on any atom is 0.233 e. The van der Waals surface area contributed by atoms with Crippen molar-refractivity contribution in [3.05, 3.63) is 24.0 Å². The number of aryl methyl sites for hydroxylation is 2. The second-order valence-corrected chi connectivity index (χ2v) is 8.96. The fourth-order valence-electron chi connectivity index (χ4n) is 4.97. The molecule has 3 unspecified atom stereocenters. The van der Waals surface area contributed by atoms with Crippen LogP contribution < -0.4 is 4.74 Å². The van der Waals surface area contributed by atoms with Gasteiger partial charge in [0, 0.05) is 44.5 Å². The van der Waals surface area contributed by atoms with Gasteiger partial charge in [0.25, 0.3) is 0 Å². The van der Waals surface area contributed by atoms with Crippen LogP contribution in [0.5, 0.6) is 5.88 Å². The second kappa shape index (κ2) is 8.19. The molecule has 1 saturated carbocycles. The highest BCUT2D eigenvalue weighted by Gasteiger charge is 2.41. The van der Waals surface area contributed by atoms with E-state index >= 15 is 0 Å². The molecule has 3 heterocycles. The average molecular weight is 384 g/mol. The number of aromatic nitrogens is 4. The molecule has 28 heavy (non-hydrogen) atoms. The lowest BCUT2D eigenvalue weighted by atomic mass is 10.0. The first kappa shape index (κ1) is 19.4. The summed E-state index contributed by atoms with van der Waals surface area (Å²) in [6.07, 6.45) is 5.84. The highest BCUT2D eigenvalue weighted by atomic mass is 16.5. The van der Waals surface area contributed by atoms with Crippen molar-refractivity contribution in [3.63, 3.8) is 0 Å². The Kier molecular flexibility index (Phi) is 5.67. The molecule has 152 valence electrons. The molecule has 1 aliphatic carbocycles. The minimum atomic E-state index is 0.626. The summed E-state index contributed by atoms with van der Waals surface area (Å²) in [4.78, 5) is 2.69. The van der Waals surface area contributed by atoms with Gasteiger partial charge in [-0.15, -0.1) is 10.2 Å². The van der Waals surface area contributed by atoms with Crippen LogP contribution in [0, 0.1) is 30.6 Å². The van der Waals surface area contributed by atoms with Crippen molar-refractivity contribution < 1.29 is 4.74 Å². The summed E-state index contributed by atoms with van der Waals surface area (Å²) >= 11 is 0. The number of likely N-dealkylation sites (tertiary alicyclic amines) is 1. The zero-order chi connectivity index (χ0) is 19.7. The van der Waals surface area contributed by atoms with Gasteiger partial charge in [0.2, 0.25) is 5.88 Å². The first-order chi connectivity index (χ1) is 13.5. The van der Waals surface area contributed by atoms with Gasteiger partial charge in [-0.1, -0.05) is 20.3 Å². The third-order valence-electron chi connectivity index (χ3n) is 6.59. The highest BCUT2D eigenvalue weighted by Crippen LogP contribution is 2.41. The van der Waals surface area contributed by atoms with E-state index in [2.05, 4.69) is 34.0 Å². The molecule has 0 bridgehead atoms. The number of ether oxygens (including phenoxy) is 1. The van der Waals surface area contributed by atoms with E-state index in [9.17, 15) is 0 Å². The molecule has 2 aromatic heterocycles. The van der Waals surface area contributed by atoms with Crippen molar-refractivity contribution >= 4 is 0 Å². The standard InChI is InChI=1S/C22H33N5O/c1-5-15(2)10-27-11-18-8-17(9-19(18)12-27)14-28-22-7-6-21(23-24-22)20-13-26(4)25-16(20)3/h6-7,13,15,17-19H,5,8-12,14H2,1-4H3. The normalized spacial score (nSPS) is 25.8. The van der Waals surface area contributed by atoms with Gasteiger partial charge in [0.1, 0.15) is 0 Å². The van der Waals surface area contributed by atoms with Crippen molar-refractivity contribution in [3.8, 4) is 17.1 Å². The van der Waals surface area contributed by atoms with Crippen LogP contribution in [0.15, 0.2) is 18.3 Å². The third-order valence-corrected chi connectivity index (χ3v) is 6.59. The van der Waals surface area contributed by atoms with E-state index in [1.807, 2.05) is 32.3 Å². The van der Waals surface area contributed by atoms with Gasteiger partial charge >= 0.3 is 0 Å². The summed E-state index contributed by atoms with van der Waals surface area (Å²) in [5.74, 6) is 3.82. The van der Waals surface area contributed by atoms with Crippen molar-refractivity contribution in [2.45, 2.75) is 40.0 Å². The van der Waals surface area contributed by atoms with Crippen LogP contribution >= 0.6 is 0 Å². The lowest BCUT2D eigenvalue weighted by Crippen LogP contribution is -2.27. The molecule has 6 heteroatoms. The Bertz CT molecular complexity index is 773. The van der Waals surface area contributed by atoms with Gasteiger partial charge in [-0.05, 0) is 49.5 Å². The minimum absolute atomic E-state index is 0.626. The van der Waals surface area contributed by atoms with Gasteiger partial charge in [0.05, 0.1) is 18.0 Å². The monoisotopic (exact) mass is 383 g/mol. The topological polar surface area (TPSA) is 56.1 Å². The first-order valence-electron chi connectivity index (χ1n) is 10.7. The number of fused-ring (bicyclic) bond motifs is 1. The molecule has 3 atom stereocenters. The molecular weight excluding hydrogens is 350 g/mol. The van der Waals surface area contributed by atoms with Crippen LogP contribution in [0.3, 0.4) is 0 Å². The summed E-state index contributed by atoms with van der Waals surface area (Å²) in [5.41, 5.74) is 2.83. The predicted molar refractivity (Wildman–Crippen MR) is 110 cm³/mol. The molecule has 1 saturated heterocycles. The Morgan fingerprint density at radius 1 is 1.18 bits per heavy atom. The molecule has 2 aliphatic rings. The SMILES string of the molecule is CCC(C)CN1CC2CC(COc3ccc(-c4cn(C)nc4C)nn3)CC2C1. The molecular formula is C22H33N5O. The molecule has 2 aromatic rings. The Labute approximate surface area is 168 Å². The molecule has 6 nitrogen and oxygen atoms in total. The quantitative estimate of drug-likeness (QED) is 0.732. The fourth-order valence-corrected chi connectivity index (χ4v) is 4.97. The zero-order valence-corrected chi connectivity index (χ0v) is 17.6. The van der Waals surface area contributed by atoms with E-state index in [-0.39, 0.29) is 0 Å². The van der Waals surface area contributed by atoms with Gasteiger partial charge in [-0.2, -0.15) is 5.10 Å². The molecule has 0 N–H and O–H groups in total. The van der Waals surface area contributed by atoms with Gasteiger partial charge in [-0.3, -0.25) is 4.68 Å². The molecule has 1 aliphatic heterocycles. The Hall–Kier alpha value is -1.95. The molecule has 4 rings (SSSR count). The van der Waals surface area contributed by atoms with Crippen LogP contribution in [0.4, 0.5) is 0 Å². The number of nitrogens with zero attached hydrogens (tertiary/aromatic N) is 5. The van der Waals surface area contributed by atoms with Crippen LogP contribution in [0.25, 0.3) is 11.3 Å². The van der Waals surface area contributed by atoms with E-state index in [0.717, 1.165) is 41.3 Å². The van der Waals surface area contributed by atoms with E-state index in [1.165, 1.54) is 38.9 Å². The minimum Gasteiger partial charge on any atom is -0.476 e. The van der Waals surface area contributed by atoms with Crippen molar-refractivity contribution in [2.24, 2.45) is 30.7 Å². The maximum atomic E-state index is 5.98. The number of rotatable bonds is 7. The largest absolute Gasteiger partial charge is 0.476 e. The van der Waals surface area contributed by atoms with Crippen molar-refractivity contribution in [1.82, 2.24) is 24.9 Å². The predicted octanol–water partition coefficient (Wildman–Crippen LogP) is 3.57. The molecule has 0 radical (unpaired) electrons. The lowest BCUT2D eigenvalue weighted by Gasteiger charge is -2.21. The summed E-state index contributed by atoms with van der Waals surface area (Å²) in [6, 6.07) is 3.90. The summed E-state index contributed by atoms with van der Waals surface area (Å²) in [5, 5.41) is 13.0. The Morgan fingerprint density at radius 3 is 2.50 bits per heavy atom. The zero-order valence-electron chi connectivity index (χ0n) is 17.6. The lowest BCUT2D eigenvalue weighted by molar-refractivity contribution is 0.213. The fraction of sp³-hybridized carbons (Fsp3) is 0.682. The van der Waals surface area contributed by atoms with E-state index in [0.29, 0.717) is 11.8 Å². The van der Waals surface area contributed by atoms with Crippen LogP contribution in [0.2, 0.25) is 0 Å². The maximum absolute atomic E-state index is 5.98. The average Bonchev–Trinajstić information content (AvgIpc) is 3.32. The third kappa shape index (κ3) is 4.22. The molecule has 2 fully saturated rings. The summed E-state index contributed by atoms with van der Waals surface area (Å²) in [7, 11) is 1.92. The highest BCUT2D eigenvalue weighted by molar-refractivity contribution is 5.60. The Morgan fingerprint density at radius 2 is 1.93 bits per heavy atom.